The molecule has 0 aliphatic carbocycles. The van der Waals surface area contributed by atoms with Gasteiger partial charge < -0.3 is 49.3 Å². The van der Waals surface area contributed by atoms with Gasteiger partial charge in [0.05, 0.1) is 49.2 Å². The summed E-state index contributed by atoms with van der Waals surface area (Å²) in [4.78, 5) is 71.3. The van der Waals surface area contributed by atoms with Crippen molar-refractivity contribution in [2.45, 2.75) is 62.7 Å². The van der Waals surface area contributed by atoms with E-state index in [1.165, 1.54) is 14.2 Å². The molecule has 2 fully saturated rings. The number of fused-ring (bicyclic) bond motifs is 2. The maximum Gasteiger partial charge on any atom is 0.407 e. The number of carbonyl (C=O) groups excluding carboxylic acids is 4. The van der Waals surface area contributed by atoms with Gasteiger partial charge in [-0.3, -0.25) is 9.59 Å². The molecule has 306 valence electrons. The average Bonchev–Trinajstić information content (AvgIpc) is 4.09. The maximum absolute atomic E-state index is 13.6. The SMILES string of the molecule is COCC[C@H](NC(=O)OC)C(=O)N1CCC[C@H]1c1ncc(-c2ccc3cc(-c4ccc5nc([C@@H]6CCCN6C(=O)[C@H](CCOC)NC(=O)OC)[nH]c5c4)ccc3c2)[nH]1. The number of ether oxygens (including phenoxy) is 4. The van der Waals surface area contributed by atoms with Crippen molar-refractivity contribution in [3.8, 4) is 22.4 Å². The number of nitrogens with one attached hydrogen (secondary N) is 4. The number of amides is 4. The highest BCUT2D eigenvalue weighted by atomic mass is 16.5. The Morgan fingerprint density at radius 2 is 1.24 bits per heavy atom. The number of carbonyl (C=O) groups is 4. The van der Waals surface area contributed by atoms with Crippen LogP contribution in [0.4, 0.5) is 9.59 Å². The van der Waals surface area contributed by atoms with Gasteiger partial charge in [0.25, 0.3) is 0 Å². The minimum Gasteiger partial charge on any atom is -0.453 e. The average molecular weight is 795 g/mol. The van der Waals surface area contributed by atoms with Crippen LogP contribution in [-0.2, 0) is 28.5 Å². The third kappa shape index (κ3) is 8.62. The molecule has 4 amide bonds. The van der Waals surface area contributed by atoms with Crippen LogP contribution < -0.4 is 10.6 Å². The number of nitrogens with zero attached hydrogens (tertiary/aromatic N) is 4. The van der Waals surface area contributed by atoms with Crippen LogP contribution in [0.5, 0.6) is 0 Å². The van der Waals surface area contributed by atoms with Crippen LogP contribution in [-0.4, -0.2) is 121 Å². The largest absolute Gasteiger partial charge is 0.453 e. The Hall–Kier alpha value is -6.00. The van der Waals surface area contributed by atoms with E-state index in [0.29, 0.717) is 50.8 Å². The molecule has 4 N–H and O–H groups in total. The normalized spacial score (nSPS) is 17.7. The van der Waals surface area contributed by atoms with Crippen LogP contribution in [0.1, 0.15) is 62.3 Å². The van der Waals surface area contributed by atoms with Gasteiger partial charge in [0.2, 0.25) is 11.8 Å². The molecule has 2 saturated heterocycles. The Bertz CT molecular complexity index is 2270. The number of aromatic amines is 2. The lowest BCUT2D eigenvalue weighted by atomic mass is 9.99. The predicted molar refractivity (Wildman–Crippen MR) is 216 cm³/mol. The van der Waals surface area contributed by atoms with Crippen molar-refractivity contribution in [1.29, 1.82) is 0 Å². The lowest BCUT2D eigenvalue weighted by molar-refractivity contribution is -0.135. The van der Waals surface area contributed by atoms with Crippen molar-refractivity contribution in [2.24, 2.45) is 0 Å². The fourth-order valence-corrected chi connectivity index (χ4v) is 8.03. The van der Waals surface area contributed by atoms with E-state index in [-0.39, 0.29) is 23.9 Å². The number of likely N-dealkylation sites (tertiary alicyclic amines) is 2. The van der Waals surface area contributed by atoms with Gasteiger partial charge in [-0.25, -0.2) is 19.6 Å². The smallest absolute Gasteiger partial charge is 0.407 e. The monoisotopic (exact) mass is 794 g/mol. The van der Waals surface area contributed by atoms with Crippen molar-refractivity contribution in [1.82, 2.24) is 40.4 Å². The van der Waals surface area contributed by atoms with Crippen molar-refractivity contribution in [3.05, 3.63) is 72.4 Å². The summed E-state index contributed by atoms with van der Waals surface area (Å²) in [5.41, 5.74) is 5.56. The van der Waals surface area contributed by atoms with Gasteiger partial charge in [-0.1, -0.05) is 30.3 Å². The first kappa shape index (κ1) is 40.2. The molecule has 16 nitrogen and oxygen atoms in total. The number of hydrogen-bond acceptors (Lipinski definition) is 10. The molecular weight excluding hydrogens is 745 g/mol. The van der Waals surface area contributed by atoms with E-state index in [4.69, 9.17) is 28.9 Å². The second-order valence-electron chi connectivity index (χ2n) is 14.6. The Kier molecular flexibility index (Phi) is 12.5. The van der Waals surface area contributed by atoms with Crippen molar-refractivity contribution in [2.75, 3.05) is 54.7 Å². The zero-order valence-electron chi connectivity index (χ0n) is 33.2. The topological polar surface area (TPSA) is 193 Å². The highest BCUT2D eigenvalue weighted by Gasteiger charge is 2.38. The number of imidazole rings is 2. The summed E-state index contributed by atoms with van der Waals surface area (Å²) in [6.45, 7) is 1.75. The number of H-pyrrole nitrogens is 2. The van der Waals surface area contributed by atoms with Crippen LogP contribution in [0, 0.1) is 0 Å². The molecule has 5 aromatic rings. The van der Waals surface area contributed by atoms with E-state index in [1.807, 2.05) is 6.07 Å². The van der Waals surface area contributed by atoms with Gasteiger partial charge in [0, 0.05) is 58.9 Å². The highest BCUT2D eigenvalue weighted by molar-refractivity contribution is 5.92. The summed E-state index contributed by atoms with van der Waals surface area (Å²) in [6, 6.07) is 16.7. The third-order valence-corrected chi connectivity index (χ3v) is 11.1. The number of hydrogen-bond donors (Lipinski definition) is 4. The van der Waals surface area contributed by atoms with E-state index < -0.39 is 24.3 Å². The summed E-state index contributed by atoms with van der Waals surface area (Å²) in [7, 11) is 5.66. The molecule has 0 spiro atoms. The molecule has 58 heavy (non-hydrogen) atoms. The molecule has 3 aromatic carbocycles. The first-order valence-corrected chi connectivity index (χ1v) is 19.6. The zero-order valence-corrected chi connectivity index (χ0v) is 33.2. The summed E-state index contributed by atoms with van der Waals surface area (Å²) < 4.78 is 19.9. The van der Waals surface area contributed by atoms with E-state index >= 15 is 0 Å². The van der Waals surface area contributed by atoms with Crippen LogP contribution in [0.3, 0.4) is 0 Å². The van der Waals surface area contributed by atoms with Crippen LogP contribution in [0.25, 0.3) is 44.2 Å². The molecule has 0 unspecified atom stereocenters. The number of methoxy groups -OCH3 is 4. The van der Waals surface area contributed by atoms with Crippen LogP contribution in [0.15, 0.2) is 60.8 Å². The van der Waals surface area contributed by atoms with E-state index in [1.54, 1.807) is 30.2 Å². The van der Waals surface area contributed by atoms with Gasteiger partial charge in [-0.15, -0.1) is 0 Å². The Morgan fingerprint density at radius 1 is 0.707 bits per heavy atom. The second kappa shape index (κ2) is 18.1. The van der Waals surface area contributed by atoms with Crippen molar-refractivity contribution < 1.29 is 38.1 Å². The molecule has 16 heteroatoms. The molecule has 0 saturated carbocycles. The van der Waals surface area contributed by atoms with Gasteiger partial charge in [-0.2, -0.15) is 0 Å². The Labute approximate surface area is 336 Å². The van der Waals surface area contributed by atoms with E-state index in [9.17, 15) is 19.2 Å². The molecule has 4 heterocycles. The quantitative estimate of drug-likeness (QED) is 0.110. The van der Waals surface area contributed by atoms with Crippen molar-refractivity contribution >= 4 is 45.8 Å². The van der Waals surface area contributed by atoms with Crippen LogP contribution in [0.2, 0.25) is 0 Å². The molecule has 0 radical (unpaired) electrons. The fourth-order valence-electron chi connectivity index (χ4n) is 8.03. The third-order valence-electron chi connectivity index (χ3n) is 11.1. The minimum atomic E-state index is -0.769. The first-order valence-electron chi connectivity index (χ1n) is 19.6. The number of aromatic nitrogens is 4. The molecule has 2 aromatic heterocycles. The summed E-state index contributed by atoms with van der Waals surface area (Å²) in [6.07, 6.45) is 4.28. The Morgan fingerprint density at radius 3 is 1.83 bits per heavy atom. The van der Waals surface area contributed by atoms with Gasteiger partial charge in [0.1, 0.15) is 23.7 Å². The lowest BCUT2D eigenvalue weighted by Crippen LogP contribution is -2.49. The molecular formula is C42H50N8O8. The van der Waals surface area contributed by atoms with Crippen molar-refractivity contribution in [3.63, 3.8) is 0 Å². The molecule has 0 bridgehead atoms. The predicted octanol–water partition coefficient (Wildman–Crippen LogP) is 5.62. The molecule has 2 aliphatic heterocycles. The van der Waals surface area contributed by atoms with Gasteiger partial charge in [0.15, 0.2) is 0 Å². The highest BCUT2D eigenvalue weighted by Crippen LogP contribution is 2.35. The van der Waals surface area contributed by atoms with E-state index in [2.05, 4.69) is 69.1 Å². The fraction of sp³-hybridized carbons (Fsp3) is 0.429. The van der Waals surface area contributed by atoms with Crippen LogP contribution >= 0.6 is 0 Å². The number of benzene rings is 3. The number of rotatable bonds is 14. The standard InChI is InChI=1S/C42H50N8O8/c1-55-19-15-31(47-41(53)57-3)39(51)49-17-5-7-35(49)37-43-24-34(46-37)29-12-11-25-21-26(9-10-27(25)22-29)28-13-14-30-33(23-28)45-38(44-30)36-8-6-18-50(36)40(52)32(16-20-56-2)48-42(54)58-4/h9-14,21-24,31-32,35-36H,5-8,15-20H2,1-4H3,(H,43,46)(H,44,45)(H,47,53)(H,48,54)/t31-,32-,35-,36-/m0/s1. The molecule has 4 atom stereocenters. The van der Waals surface area contributed by atoms with Gasteiger partial charge in [-0.05, 0) is 71.8 Å². The van der Waals surface area contributed by atoms with Gasteiger partial charge >= 0.3 is 12.2 Å². The summed E-state index contributed by atoms with van der Waals surface area (Å²) in [5, 5.41) is 7.45. The summed E-state index contributed by atoms with van der Waals surface area (Å²) in [5.74, 6) is 1.03. The molecule has 7 rings (SSSR count). The first-order chi connectivity index (χ1) is 28.2. The number of alkyl carbamates (subject to hydrolysis) is 2. The zero-order chi connectivity index (χ0) is 40.8. The second-order valence-corrected chi connectivity index (χ2v) is 14.6. The summed E-state index contributed by atoms with van der Waals surface area (Å²) >= 11 is 0. The Balaban J connectivity index is 1.06. The van der Waals surface area contributed by atoms with E-state index in [0.717, 1.165) is 69.9 Å². The maximum atomic E-state index is 13.6. The minimum absolute atomic E-state index is 0.190. The lowest BCUT2D eigenvalue weighted by Gasteiger charge is -2.28. The molecule has 2 aliphatic rings.